The zero-order valence-electron chi connectivity index (χ0n) is 12.9. The van der Waals surface area contributed by atoms with E-state index in [1.807, 2.05) is 32.0 Å². The second-order valence-corrected chi connectivity index (χ2v) is 5.63. The third kappa shape index (κ3) is 7.95. The first-order valence-electron chi connectivity index (χ1n) is 6.53. The molecule has 0 saturated heterocycles. The molecule has 0 heterocycles. The summed E-state index contributed by atoms with van der Waals surface area (Å²) in [4.78, 5) is 15.8. The van der Waals surface area contributed by atoms with Crippen LogP contribution in [0.3, 0.4) is 0 Å². The number of methoxy groups -OCH3 is 1. The Balaban J connectivity index is 0.00000441. The molecule has 0 fully saturated rings. The second-order valence-electron chi connectivity index (χ2n) is 4.71. The molecule has 4 N–H and O–H groups in total. The monoisotopic (exact) mass is 484 g/mol. The average molecular weight is 485 g/mol. The number of hydrogen-bond acceptors (Lipinski definition) is 3. The van der Waals surface area contributed by atoms with Gasteiger partial charge in [-0.1, -0.05) is 22.0 Å². The van der Waals surface area contributed by atoms with Crippen molar-refractivity contribution in [2.75, 3.05) is 25.6 Å². The lowest BCUT2D eigenvalue weighted by molar-refractivity contribution is -0.114. The van der Waals surface area contributed by atoms with E-state index in [1.165, 1.54) is 0 Å². The fourth-order valence-electron chi connectivity index (χ4n) is 1.67. The average Bonchev–Trinajstić information content (AvgIpc) is 2.41. The first kappa shape index (κ1) is 21.1. The van der Waals surface area contributed by atoms with Crippen molar-refractivity contribution in [2.24, 2.45) is 10.7 Å². The minimum atomic E-state index is -0.222. The highest BCUT2D eigenvalue weighted by atomic mass is 127. The molecule has 0 aliphatic rings. The number of nitrogens with two attached hydrogens (primary N) is 1. The third-order valence-electron chi connectivity index (χ3n) is 2.68. The lowest BCUT2D eigenvalue weighted by atomic mass is 10.2. The molecule has 124 valence electrons. The smallest absolute Gasteiger partial charge is 0.246 e. The molecule has 1 rings (SSSR count). The van der Waals surface area contributed by atoms with E-state index < -0.39 is 0 Å². The van der Waals surface area contributed by atoms with E-state index in [9.17, 15) is 4.79 Å². The van der Waals surface area contributed by atoms with Crippen LogP contribution in [-0.2, 0) is 9.53 Å². The van der Waals surface area contributed by atoms with Crippen LogP contribution in [0.4, 0.5) is 5.69 Å². The largest absolute Gasteiger partial charge is 0.383 e. The van der Waals surface area contributed by atoms with Crippen LogP contribution in [0, 0.1) is 6.92 Å². The maximum Gasteiger partial charge on any atom is 0.246 e. The first-order chi connectivity index (χ1) is 9.92. The quantitative estimate of drug-likeness (QED) is 0.328. The summed E-state index contributed by atoms with van der Waals surface area (Å²) in [6.07, 6.45) is 0. The molecule has 1 unspecified atom stereocenters. The summed E-state index contributed by atoms with van der Waals surface area (Å²) in [5.41, 5.74) is 7.43. The summed E-state index contributed by atoms with van der Waals surface area (Å²) in [5, 5.41) is 5.74. The number of carbonyl (C=O) groups is 1. The Labute approximate surface area is 156 Å². The molecule has 1 atom stereocenters. The van der Waals surface area contributed by atoms with E-state index in [2.05, 4.69) is 31.6 Å². The molecular formula is C14H22BrIN4O2. The Morgan fingerprint density at radius 1 is 1.50 bits per heavy atom. The molecule has 0 aliphatic heterocycles. The molecule has 0 spiro atoms. The van der Waals surface area contributed by atoms with Crippen molar-refractivity contribution in [3.05, 3.63) is 28.2 Å². The van der Waals surface area contributed by atoms with Crippen LogP contribution < -0.4 is 16.4 Å². The van der Waals surface area contributed by atoms with Gasteiger partial charge < -0.3 is 21.1 Å². The Bertz CT molecular complexity index is 526. The zero-order chi connectivity index (χ0) is 15.8. The number of halogens is 2. The maximum absolute atomic E-state index is 11.9. The van der Waals surface area contributed by atoms with E-state index >= 15 is 0 Å². The summed E-state index contributed by atoms with van der Waals surface area (Å²) in [7, 11) is 1.61. The van der Waals surface area contributed by atoms with Crippen molar-refractivity contribution in [1.29, 1.82) is 0 Å². The summed E-state index contributed by atoms with van der Waals surface area (Å²) >= 11 is 3.37. The van der Waals surface area contributed by atoms with Gasteiger partial charge in [0.15, 0.2) is 5.96 Å². The van der Waals surface area contributed by atoms with Crippen LogP contribution in [0.5, 0.6) is 0 Å². The molecule has 8 heteroatoms. The topological polar surface area (TPSA) is 88.7 Å². The number of guanidine groups is 1. The molecule has 0 bridgehead atoms. The van der Waals surface area contributed by atoms with Gasteiger partial charge in [-0.2, -0.15) is 0 Å². The predicted molar refractivity (Wildman–Crippen MR) is 104 cm³/mol. The third-order valence-corrected chi connectivity index (χ3v) is 3.17. The van der Waals surface area contributed by atoms with Gasteiger partial charge in [0.05, 0.1) is 6.61 Å². The van der Waals surface area contributed by atoms with Gasteiger partial charge in [0.2, 0.25) is 5.91 Å². The SMILES string of the molecule is COCC(C)NC(N)=NCC(=O)Nc1cc(Br)ccc1C.I. The van der Waals surface area contributed by atoms with E-state index in [0.717, 1.165) is 15.7 Å². The number of nitrogens with zero attached hydrogens (tertiary/aromatic N) is 1. The highest BCUT2D eigenvalue weighted by Gasteiger charge is 2.06. The van der Waals surface area contributed by atoms with Crippen molar-refractivity contribution in [1.82, 2.24) is 5.32 Å². The molecule has 0 radical (unpaired) electrons. The number of carbonyl (C=O) groups excluding carboxylic acids is 1. The Morgan fingerprint density at radius 3 is 2.82 bits per heavy atom. The van der Waals surface area contributed by atoms with Crippen molar-refractivity contribution in [3.63, 3.8) is 0 Å². The Hall–Kier alpha value is -0.870. The van der Waals surface area contributed by atoms with Crippen LogP contribution in [0.15, 0.2) is 27.7 Å². The lowest BCUT2D eigenvalue weighted by Crippen LogP contribution is -2.41. The van der Waals surface area contributed by atoms with Gasteiger partial charge in [0.1, 0.15) is 6.54 Å². The standard InChI is InChI=1S/C14H21BrN4O2.HI/c1-9-4-5-11(15)6-12(9)19-13(20)7-17-14(16)18-10(2)8-21-3;/h4-6,10H,7-8H2,1-3H3,(H,19,20)(H3,16,17,18);1H. The minimum Gasteiger partial charge on any atom is -0.383 e. The number of aliphatic imine (C=N–C) groups is 1. The molecule has 0 saturated carbocycles. The number of aryl methyl sites for hydroxylation is 1. The van der Waals surface area contributed by atoms with Crippen molar-refractivity contribution >= 4 is 57.5 Å². The number of nitrogens with one attached hydrogen (secondary N) is 2. The van der Waals surface area contributed by atoms with Crippen LogP contribution in [0.2, 0.25) is 0 Å². The highest BCUT2D eigenvalue weighted by Crippen LogP contribution is 2.20. The van der Waals surface area contributed by atoms with E-state index in [1.54, 1.807) is 7.11 Å². The zero-order valence-corrected chi connectivity index (χ0v) is 16.8. The van der Waals surface area contributed by atoms with Crippen molar-refractivity contribution in [2.45, 2.75) is 19.9 Å². The van der Waals surface area contributed by atoms with Crippen LogP contribution >= 0.6 is 39.9 Å². The summed E-state index contributed by atoms with van der Waals surface area (Å²) in [6.45, 7) is 4.31. The lowest BCUT2D eigenvalue weighted by Gasteiger charge is -2.13. The normalized spacial score (nSPS) is 12.3. The van der Waals surface area contributed by atoms with Crippen LogP contribution in [-0.4, -0.2) is 38.2 Å². The first-order valence-corrected chi connectivity index (χ1v) is 7.33. The van der Waals surface area contributed by atoms with Gasteiger partial charge in [-0.05, 0) is 31.5 Å². The molecule has 22 heavy (non-hydrogen) atoms. The fourth-order valence-corrected chi connectivity index (χ4v) is 2.03. The van der Waals surface area contributed by atoms with Crippen molar-refractivity contribution in [3.8, 4) is 0 Å². The van der Waals surface area contributed by atoms with Crippen LogP contribution in [0.25, 0.3) is 0 Å². The van der Waals surface area contributed by atoms with Gasteiger partial charge in [-0.25, -0.2) is 4.99 Å². The van der Waals surface area contributed by atoms with Gasteiger partial charge in [-0.15, -0.1) is 24.0 Å². The van der Waals surface area contributed by atoms with E-state index in [-0.39, 0.29) is 48.4 Å². The number of anilines is 1. The van der Waals surface area contributed by atoms with Gasteiger partial charge in [-0.3, -0.25) is 4.79 Å². The second kappa shape index (κ2) is 10.8. The highest BCUT2D eigenvalue weighted by molar-refractivity contribution is 14.0. The predicted octanol–water partition coefficient (Wildman–Crippen LogP) is 2.25. The van der Waals surface area contributed by atoms with Crippen molar-refractivity contribution < 1.29 is 9.53 Å². The fraction of sp³-hybridized carbons (Fsp3) is 0.429. The molecule has 0 aliphatic carbocycles. The summed E-state index contributed by atoms with van der Waals surface area (Å²) in [5.74, 6) is 0.000934. The molecular weight excluding hydrogens is 463 g/mol. The number of rotatable bonds is 6. The number of amides is 1. The number of benzene rings is 1. The summed E-state index contributed by atoms with van der Waals surface area (Å²) < 4.78 is 5.88. The summed E-state index contributed by atoms with van der Waals surface area (Å²) in [6, 6.07) is 5.72. The number of ether oxygens (including phenoxy) is 1. The number of hydrogen-bond donors (Lipinski definition) is 3. The maximum atomic E-state index is 11.9. The van der Waals surface area contributed by atoms with Crippen LogP contribution in [0.1, 0.15) is 12.5 Å². The van der Waals surface area contributed by atoms with Gasteiger partial charge in [0.25, 0.3) is 0 Å². The molecule has 1 aromatic carbocycles. The van der Waals surface area contributed by atoms with E-state index in [0.29, 0.717) is 6.61 Å². The van der Waals surface area contributed by atoms with Gasteiger partial charge >= 0.3 is 0 Å². The Kier molecular flexibility index (Phi) is 10.4. The molecule has 1 aromatic rings. The molecule has 1 amide bonds. The molecule has 0 aromatic heterocycles. The Morgan fingerprint density at radius 2 is 2.18 bits per heavy atom. The van der Waals surface area contributed by atoms with E-state index in [4.69, 9.17) is 10.5 Å². The molecule has 6 nitrogen and oxygen atoms in total. The van der Waals surface area contributed by atoms with Gasteiger partial charge in [0, 0.05) is 23.3 Å². The minimum absolute atomic E-state index is 0.